The number of rotatable bonds is 3. The van der Waals surface area contributed by atoms with Crippen LogP contribution in [0.25, 0.3) is 0 Å². The third kappa shape index (κ3) is 2.83. The molecular formula is C11H12N2OS. The van der Waals surface area contributed by atoms with Gasteiger partial charge >= 0.3 is 0 Å². The number of aryl methyl sites for hydroxylation is 2. The Bertz CT molecular complexity index is 436. The number of hydrogen-bond acceptors (Lipinski definition) is 4. The number of benzene rings is 1. The van der Waals surface area contributed by atoms with Crippen LogP contribution in [0.1, 0.15) is 17.0 Å². The van der Waals surface area contributed by atoms with Gasteiger partial charge in [-0.25, -0.2) is 0 Å². The molecule has 3 nitrogen and oxygen atoms in total. The molecule has 1 heterocycles. The maximum absolute atomic E-state index is 5.27. The predicted octanol–water partition coefficient (Wildman–Crippen LogP) is 2.98. The van der Waals surface area contributed by atoms with E-state index in [0.29, 0.717) is 11.1 Å². The Kier molecular flexibility index (Phi) is 3.06. The highest BCUT2D eigenvalue weighted by atomic mass is 32.2. The van der Waals surface area contributed by atoms with Gasteiger partial charge in [-0.2, -0.15) is 0 Å². The van der Waals surface area contributed by atoms with E-state index in [1.807, 2.05) is 0 Å². The van der Waals surface area contributed by atoms with Gasteiger partial charge < -0.3 is 4.42 Å². The number of aromatic nitrogens is 2. The zero-order valence-corrected chi connectivity index (χ0v) is 9.54. The molecule has 2 rings (SSSR count). The minimum absolute atomic E-state index is 0.612. The molecule has 78 valence electrons. The molecule has 0 bridgehead atoms. The van der Waals surface area contributed by atoms with E-state index < -0.39 is 0 Å². The minimum atomic E-state index is 0.612. The Morgan fingerprint density at radius 3 is 2.47 bits per heavy atom. The molecule has 0 aliphatic rings. The minimum Gasteiger partial charge on any atom is -0.416 e. The van der Waals surface area contributed by atoms with Gasteiger partial charge in [0, 0.05) is 12.7 Å². The fraction of sp³-hybridized carbons (Fsp3) is 0.273. The van der Waals surface area contributed by atoms with Crippen LogP contribution in [0.15, 0.2) is 33.9 Å². The average Bonchev–Trinajstić information content (AvgIpc) is 2.64. The summed E-state index contributed by atoms with van der Waals surface area (Å²) in [5.74, 6) is 1.48. The first-order valence-corrected chi connectivity index (χ1v) is 5.71. The predicted molar refractivity (Wildman–Crippen MR) is 59.8 cm³/mol. The molecule has 0 fully saturated rings. The van der Waals surface area contributed by atoms with Gasteiger partial charge in [0.05, 0.1) is 0 Å². The zero-order chi connectivity index (χ0) is 10.7. The highest BCUT2D eigenvalue weighted by Gasteiger charge is 2.02. The Morgan fingerprint density at radius 1 is 1.13 bits per heavy atom. The Morgan fingerprint density at radius 2 is 1.87 bits per heavy atom. The molecule has 0 aliphatic heterocycles. The van der Waals surface area contributed by atoms with Crippen molar-refractivity contribution in [2.45, 2.75) is 24.8 Å². The van der Waals surface area contributed by atoms with E-state index in [9.17, 15) is 0 Å². The van der Waals surface area contributed by atoms with Crippen molar-refractivity contribution < 1.29 is 4.42 Å². The van der Waals surface area contributed by atoms with E-state index in [1.54, 1.807) is 18.7 Å². The van der Waals surface area contributed by atoms with Crippen LogP contribution in [-0.2, 0) is 5.75 Å². The maximum Gasteiger partial charge on any atom is 0.276 e. The van der Waals surface area contributed by atoms with Gasteiger partial charge in [0.25, 0.3) is 5.22 Å². The van der Waals surface area contributed by atoms with Crippen molar-refractivity contribution in [3.8, 4) is 0 Å². The lowest BCUT2D eigenvalue weighted by atomic mass is 10.2. The monoisotopic (exact) mass is 220 g/mol. The highest BCUT2D eigenvalue weighted by molar-refractivity contribution is 7.98. The van der Waals surface area contributed by atoms with E-state index in [4.69, 9.17) is 4.42 Å². The third-order valence-corrected chi connectivity index (χ3v) is 2.88. The normalized spacial score (nSPS) is 10.5. The molecule has 0 spiro atoms. The van der Waals surface area contributed by atoms with Crippen LogP contribution in [0, 0.1) is 13.8 Å². The second-order valence-electron chi connectivity index (χ2n) is 3.36. The first-order valence-electron chi connectivity index (χ1n) is 4.72. The van der Waals surface area contributed by atoms with Crippen molar-refractivity contribution in [1.29, 1.82) is 0 Å². The van der Waals surface area contributed by atoms with Gasteiger partial charge in [0.2, 0.25) is 5.89 Å². The number of thioether (sulfide) groups is 1. The lowest BCUT2D eigenvalue weighted by molar-refractivity contribution is 0.429. The van der Waals surface area contributed by atoms with Crippen LogP contribution in [0.3, 0.4) is 0 Å². The van der Waals surface area contributed by atoms with E-state index >= 15 is 0 Å². The lowest BCUT2D eigenvalue weighted by Gasteiger charge is -1.98. The van der Waals surface area contributed by atoms with Gasteiger partial charge in [-0.15, -0.1) is 10.2 Å². The smallest absolute Gasteiger partial charge is 0.276 e. The van der Waals surface area contributed by atoms with Crippen LogP contribution in [-0.4, -0.2) is 10.2 Å². The molecule has 0 saturated carbocycles. The van der Waals surface area contributed by atoms with E-state index in [1.165, 1.54) is 11.1 Å². The van der Waals surface area contributed by atoms with Crippen molar-refractivity contribution in [2.75, 3.05) is 0 Å². The van der Waals surface area contributed by atoms with Crippen molar-refractivity contribution >= 4 is 11.8 Å². The van der Waals surface area contributed by atoms with E-state index in [0.717, 1.165) is 5.75 Å². The molecule has 0 saturated heterocycles. The Labute approximate surface area is 92.9 Å². The molecule has 0 radical (unpaired) electrons. The summed E-state index contributed by atoms with van der Waals surface area (Å²) in [5, 5.41) is 8.33. The third-order valence-electron chi connectivity index (χ3n) is 1.99. The Balaban J connectivity index is 1.96. The van der Waals surface area contributed by atoms with Crippen molar-refractivity contribution in [3.05, 3.63) is 41.3 Å². The Hall–Kier alpha value is -1.29. The second-order valence-corrected chi connectivity index (χ2v) is 4.29. The summed E-state index contributed by atoms with van der Waals surface area (Å²) >= 11 is 1.56. The fourth-order valence-electron chi connectivity index (χ4n) is 1.17. The summed E-state index contributed by atoms with van der Waals surface area (Å²) < 4.78 is 5.27. The average molecular weight is 220 g/mol. The molecule has 0 N–H and O–H groups in total. The number of hydrogen-bond donors (Lipinski definition) is 0. The van der Waals surface area contributed by atoms with Gasteiger partial charge in [-0.1, -0.05) is 41.6 Å². The molecule has 0 unspecified atom stereocenters. The molecule has 15 heavy (non-hydrogen) atoms. The standard InChI is InChI=1S/C11H12N2OS/c1-8-3-5-10(6-4-8)7-15-11-13-12-9(2)14-11/h3-6H,7H2,1-2H3. The van der Waals surface area contributed by atoms with Gasteiger partial charge in [0.15, 0.2) is 0 Å². The zero-order valence-electron chi connectivity index (χ0n) is 8.73. The second kappa shape index (κ2) is 4.49. The molecule has 0 amide bonds. The SMILES string of the molecule is Cc1ccc(CSc2nnc(C)o2)cc1. The van der Waals surface area contributed by atoms with Crippen LogP contribution < -0.4 is 0 Å². The van der Waals surface area contributed by atoms with Crippen LogP contribution >= 0.6 is 11.8 Å². The lowest BCUT2D eigenvalue weighted by Crippen LogP contribution is -1.81. The highest BCUT2D eigenvalue weighted by Crippen LogP contribution is 2.21. The summed E-state index contributed by atoms with van der Waals surface area (Å²) in [6.07, 6.45) is 0. The number of nitrogens with zero attached hydrogens (tertiary/aromatic N) is 2. The summed E-state index contributed by atoms with van der Waals surface area (Å²) in [6.45, 7) is 3.88. The summed E-state index contributed by atoms with van der Waals surface area (Å²) in [7, 11) is 0. The van der Waals surface area contributed by atoms with Crippen LogP contribution in [0.2, 0.25) is 0 Å². The van der Waals surface area contributed by atoms with E-state index in [-0.39, 0.29) is 0 Å². The summed E-state index contributed by atoms with van der Waals surface area (Å²) in [6, 6.07) is 8.45. The summed E-state index contributed by atoms with van der Waals surface area (Å²) in [4.78, 5) is 0. The van der Waals surface area contributed by atoms with Gasteiger partial charge in [-0.05, 0) is 12.5 Å². The fourth-order valence-corrected chi connectivity index (χ4v) is 1.93. The largest absolute Gasteiger partial charge is 0.416 e. The quantitative estimate of drug-likeness (QED) is 0.745. The first-order chi connectivity index (χ1) is 7.24. The molecular weight excluding hydrogens is 208 g/mol. The molecule has 1 aromatic heterocycles. The first kappa shape index (κ1) is 10.2. The molecule has 2 aromatic rings. The van der Waals surface area contributed by atoms with Crippen molar-refractivity contribution in [1.82, 2.24) is 10.2 Å². The summed E-state index contributed by atoms with van der Waals surface area (Å²) in [5.41, 5.74) is 2.54. The van der Waals surface area contributed by atoms with Crippen LogP contribution in [0.5, 0.6) is 0 Å². The topological polar surface area (TPSA) is 38.9 Å². The molecule has 1 aromatic carbocycles. The van der Waals surface area contributed by atoms with E-state index in [2.05, 4.69) is 41.4 Å². The molecule has 0 atom stereocenters. The maximum atomic E-state index is 5.27. The molecule has 4 heteroatoms. The molecule has 0 aliphatic carbocycles. The van der Waals surface area contributed by atoms with Crippen molar-refractivity contribution in [2.24, 2.45) is 0 Å². The van der Waals surface area contributed by atoms with Gasteiger partial charge in [0.1, 0.15) is 0 Å². The van der Waals surface area contributed by atoms with Gasteiger partial charge in [-0.3, -0.25) is 0 Å². The van der Waals surface area contributed by atoms with Crippen molar-refractivity contribution in [3.63, 3.8) is 0 Å². The van der Waals surface area contributed by atoms with Crippen LogP contribution in [0.4, 0.5) is 0 Å².